The van der Waals surface area contributed by atoms with E-state index in [-0.39, 0.29) is 25.2 Å². The maximum absolute atomic E-state index is 12.4. The number of unbranched alkanes of at least 4 members (excludes halogenated alkanes) is 35. The molecule has 0 rings (SSSR count). The highest BCUT2D eigenvalue weighted by molar-refractivity contribution is 5.70. The fraction of sp³-hybridized carbons (Fsp3) is 0.671. The summed E-state index contributed by atoms with van der Waals surface area (Å²) in [5, 5.41) is 9.72. The van der Waals surface area contributed by atoms with Crippen molar-refractivity contribution in [2.45, 2.75) is 354 Å². The maximum atomic E-state index is 12.4. The van der Waals surface area contributed by atoms with Gasteiger partial charge in [-0.05, 0) is 122 Å². The van der Waals surface area contributed by atoms with E-state index in [2.05, 4.69) is 172 Å². The summed E-state index contributed by atoms with van der Waals surface area (Å²) in [5.41, 5.74) is 0. The fourth-order valence-corrected chi connectivity index (χ4v) is 10.7. The second kappa shape index (κ2) is 78.8. The predicted molar refractivity (Wildman–Crippen MR) is 398 cm³/mol. The van der Waals surface area contributed by atoms with Crippen molar-refractivity contribution in [3.8, 4) is 0 Å². The summed E-state index contributed by atoms with van der Waals surface area (Å²) < 4.78 is 10.8. The van der Waals surface area contributed by atoms with Gasteiger partial charge in [0.05, 0.1) is 6.61 Å². The van der Waals surface area contributed by atoms with Crippen LogP contribution >= 0.6 is 0 Å². The van der Waals surface area contributed by atoms with E-state index < -0.39 is 6.10 Å². The van der Waals surface area contributed by atoms with E-state index in [9.17, 15) is 14.7 Å². The lowest BCUT2D eigenvalue weighted by Gasteiger charge is -2.15. The van der Waals surface area contributed by atoms with E-state index in [1.165, 1.54) is 199 Å². The molecule has 5 nitrogen and oxygen atoms in total. The molecular weight excluding hydrogens is 1100 g/mol. The molecule has 0 heterocycles. The summed E-state index contributed by atoms with van der Waals surface area (Å²) in [7, 11) is 0. The van der Waals surface area contributed by atoms with Crippen LogP contribution in [0.4, 0.5) is 0 Å². The molecule has 1 unspecified atom stereocenters. The van der Waals surface area contributed by atoms with Gasteiger partial charge in [0, 0.05) is 12.8 Å². The molecule has 1 atom stereocenters. The Bertz CT molecular complexity index is 1900. The molecular formula is C85H142O5. The van der Waals surface area contributed by atoms with E-state index in [0.29, 0.717) is 12.8 Å². The average molecular weight is 1240 g/mol. The van der Waals surface area contributed by atoms with Gasteiger partial charge in [-0.1, -0.05) is 371 Å². The Hall–Kier alpha value is -4.48. The molecule has 0 fully saturated rings. The molecule has 0 amide bonds. The summed E-state index contributed by atoms with van der Waals surface area (Å²) >= 11 is 0. The lowest BCUT2D eigenvalue weighted by Crippen LogP contribution is -2.28. The molecule has 0 spiro atoms. The smallest absolute Gasteiger partial charge is 0.306 e. The van der Waals surface area contributed by atoms with Gasteiger partial charge < -0.3 is 14.6 Å². The second-order valence-electron chi connectivity index (χ2n) is 25.0. The van der Waals surface area contributed by atoms with Gasteiger partial charge in [0.1, 0.15) is 6.61 Å². The van der Waals surface area contributed by atoms with Crippen LogP contribution in [0.25, 0.3) is 0 Å². The molecule has 0 aromatic rings. The van der Waals surface area contributed by atoms with Crippen molar-refractivity contribution >= 4 is 11.9 Å². The molecule has 0 aliphatic heterocycles. The normalized spacial score (nSPS) is 13.1. The first-order valence-electron chi connectivity index (χ1n) is 38.0. The van der Waals surface area contributed by atoms with Crippen molar-refractivity contribution in [2.24, 2.45) is 0 Å². The fourth-order valence-electron chi connectivity index (χ4n) is 10.7. The Labute approximate surface area is 558 Å². The minimum Gasteiger partial charge on any atom is -0.462 e. The van der Waals surface area contributed by atoms with Crippen molar-refractivity contribution in [3.05, 3.63) is 158 Å². The number of aliphatic hydroxyl groups excluding tert-OH is 1. The van der Waals surface area contributed by atoms with Crippen LogP contribution in [0.2, 0.25) is 0 Å². The predicted octanol–water partition coefficient (Wildman–Crippen LogP) is 27.0. The quantitative estimate of drug-likeness (QED) is 0.0373. The van der Waals surface area contributed by atoms with Crippen LogP contribution in [0.15, 0.2) is 158 Å². The lowest BCUT2D eigenvalue weighted by atomic mass is 10.0. The Balaban J connectivity index is 3.47. The van der Waals surface area contributed by atoms with Gasteiger partial charge in [-0.3, -0.25) is 9.59 Å². The van der Waals surface area contributed by atoms with Crippen molar-refractivity contribution in [1.82, 2.24) is 0 Å². The third-order valence-corrected chi connectivity index (χ3v) is 16.3. The third kappa shape index (κ3) is 76.0. The Kier molecular flexibility index (Phi) is 74.8. The number of carbonyl (C=O) groups excluding carboxylic acids is 2. The van der Waals surface area contributed by atoms with Crippen molar-refractivity contribution < 1.29 is 24.2 Å². The van der Waals surface area contributed by atoms with E-state index in [1.807, 2.05) is 0 Å². The van der Waals surface area contributed by atoms with Crippen LogP contribution in [0.5, 0.6) is 0 Å². The first-order valence-corrected chi connectivity index (χ1v) is 38.0. The van der Waals surface area contributed by atoms with Gasteiger partial charge in [0.2, 0.25) is 0 Å². The van der Waals surface area contributed by atoms with Crippen LogP contribution in [-0.4, -0.2) is 36.4 Å². The topological polar surface area (TPSA) is 72.8 Å². The minimum atomic E-state index is -0.784. The molecule has 0 saturated heterocycles. The molecule has 0 aromatic heterocycles. The van der Waals surface area contributed by atoms with Crippen LogP contribution < -0.4 is 0 Å². The number of hydrogen-bond acceptors (Lipinski definition) is 5. The van der Waals surface area contributed by atoms with Crippen LogP contribution in [-0.2, 0) is 19.1 Å². The first-order chi connectivity index (χ1) is 44.6. The van der Waals surface area contributed by atoms with Crippen LogP contribution in [0.3, 0.4) is 0 Å². The van der Waals surface area contributed by atoms with Crippen molar-refractivity contribution in [3.63, 3.8) is 0 Å². The largest absolute Gasteiger partial charge is 0.462 e. The van der Waals surface area contributed by atoms with Gasteiger partial charge >= 0.3 is 11.9 Å². The molecule has 0 aromatic carbocycles. The standard InChI is InChI=1S/C85H142O5/c1-3-5-7-9-11-13-15-17-19-21-23-25-27-29-31-33-35-37-39-40-41-42-43-44-46-47-49-51-53-55-57-59-61-63-65-67-69-71-73-75-77-79-84(87)89-82-83(81-86)90-85(88)80-78-76-74-72-70-68-66-64-62-60-58-56-54-52-50-48-45-38-36-34-32-30-28-26-24-22-20-18-16-14-12-10-8-6-4-2/h5-8,11-14,17-20,23-26,29-32,36,38,48,50,54,56,83,86H,3-4,9-10,15-16,21-22,27-28,33-35,37,39-47,49,51-53,55,57-82H2,1-2H3/b7-5-,8-6-,13-11-,14-12-,19-17-,20-18-,25-23-,26-24-,31-29-,32-30-,38-36-,50-48-,56-54-. The molecule has 1 N–H and O–H groups in total. The number of carbonyl (C=O) groups is 2. The van der Waals surface area contributed by atoms with E-state index >= 15 is 0 Å². The molecule has 90 heavy (non-hydrogen) atoms. The number of hydrogen-bond donors (Lipinski definition) is 1. The highest BCUT2D eigenvalue weighted by Crippen LogP contribution is 2.18. The lowest BCUT2D eigenvalue weighted by molar-refractivity contribution is -0.161. The van der Waals surface area contributed by atoms with E-state index in [0.717, 1.165) is 122 Å². The van der Waals surface area contributed by atoms with Gasteiger partial charge in [-0.15, -0.1) is 0 Å². The van der Waals surface area contributed by atoms with Crippen molar-refractivity contribution in [1.29, 1.82) is 0 Å². The molecule has 0 saturated carbocycles. The SMILES string of the molecule is CC/C=C\C/C=C\C/C=C\C/C=C\C/C=C\C/C=C\C/C=C\C/C=C\CCCCCCCCCCCCC(=O)OC(CO)COC(=O)CCCCCCCCCCCCCCCCCCCCCCCCCCC/C=C\C/C=C\C/C=C\C/C=C\C/C=C\CC. The summed E-state index contributed by atoms with van der Waals surface area (Å²) in [4.78, 5) is 24.7. The van der Waals surface area contributed by atoms with Gasteiger partial charge in [-0.2, -0.15) is 0 Å². The van der Waals surface area contributed by atoms with Gasteiger partial charge in [-0.25, -0.2) is 0 Å². The molecule has 0 aliphatic carbocycles. The number of allylic oxidation sites excluding steroid dienone is 26. The molecule has 5 heteroatoms. The number of rotatable bonds is 69. The number of esters is 2. The monoisotopic (exact) mass is 1240 g/mol. The summed E-state index contributed by atoms with van der Waals surface area (Å²) in [6, 6.07) is 0. The third-order valence-electron chi connectivity index (χ3n) is 16.3. The van der Waals surface area contributed by atoms with Crippen molar-refractivity contribution in [2.75, 3.05) is 13.2 Å². The summed E-state index contributed by atoms with van der Waals surface area (Å²) in [6.07, 6.45) is 120. The molecule has 512 valence electrons. The number of aliphatic hydroxyl groups is 1. The van der Waals surface area contributed by atoms with E-state index in [4.69, 9.17) is 9.47 Å². The zero-order valence-electron chi connectivity index (χ0n) is 58.9. The molecule has 0 radical (unpaired) electrons. The first kappa shape index (κ1) is 85.5. The summed E-state index contributed by atoms with van der Waals surface area (Å²) in [5.74, 6) is -0.589. The Morgan fingerprint density at radius 1 is 0.256 bits per heavy atom. The average Bonchev–Trinajstić information content (AvgIpc) is 3.58. The second-order valence-corrected chi connectivity index (χ2v) is 25.0. The van der Waals surface area contributed by atoms with Gasteiger partial charge in [0.25, 0.3) is 0 Å². The molecule has 0 bridgehead atoms. The molecule has 0 aliphatic rings. The zero-order chi connectivity index (χ0) is 64.7. The highest BCUT2D eigenvalue weighted by atomic mass is 16.6. The minimum absolute atomic E-state index is 0.0712. The Morgan fingerprint density at radius 3 is 0.667 bits per heavy atom. The summed E-state index contributed by atoms with van der Waals surface area (Å²) in [6.45, 7) is 3.93. The maximum Gasteiger partial charge on any atom is 0.306 e. The Morgan fingerprint density at radius 2 is 0.444 bits per heavy atom. The van der Waals surface area contributed by atoms with Crippen LogP contribution in [0.1, 0.15) is 348 Å². The zero-order valence-corrected chi connectivity index (χ0v) is 58.9. The number of ether oxygens (including phenoxy) is 2. The van der Waals surface area contributed by atoms with Gasteiger partial charge in [0.15, 0.2) is 6.10 Å². The highest BCUT2D eigenvalue weighted by Gasteiger charge is 2.16. The van der Waals surface area contributed by atoms with Crippen LogP contribution in [0, 0.1) is 0 Å². The van der Waals surface area contributed by atoms with E-state index in [1.54, 1.807) is 0 Å².